The van der Waals surface area contributed by atoms with Gasteiger partial charge >= 0.3 is 6.09 Å². The van der Waals surface area contributed by atoms with Crippen molar-refractivity contribution < 1.29 is 24.3 Å². The van der Waals surface area contributed by atoms with Gasteiger partial charge < -0.3 is 14.4 Å². The molecule has 2 aromatic rings. The van der Waals surface area contributed by atoms with E-state index in [4.69, 9.17) is 9.57 Å². The van der Waals surface area contributed by atoms with Gasteiger partial charge in [-0.1, -0.05) is 27.2 Å². The van der Waals surface area contributed by atoms with Gasteiger partial charge in [0.1, 0.15) is 5.75 Å². The van der Waals surface area contributed by atoms with Crippen LogP contribution in [0.2, 0.25) is 0 Å². The molecule has 9 nitrogen and oxygen atoms in total. The first-order valence-corrected chi connectivity index (χ1v) is 12.0. The van der Waals surface area contributed by atoms with Crippen LogP contribution in [0.4, 0.5) is 4.79 Å². The van der Waals surface area contributed by atoms with Crippen LogP contribution in [0.25, 0.3) is 10.8 Å². The number of unbranched alkanes of at least 4 members (excludes halogenated alkanes) is 1. The predicted octanol–water partition coefficient (Wildman–Crippen LogP) is 4.75. The molecule has 0 aliphatic carbocycles. The van der Waals surface area contributed by atoms with Gasteiger partial charge in [0.15, 0.2) is 0 Å². The zero-order valence-corrected chi connectivity index (χ0v) is 22.2. The molecule has 35 heavy (non-hydrogen) atoms. The van der Waals surface area contributed by atoms with Crippen LogP contribution >= 0.6 is 0 Å². The highest BCUT2D eigenvalue weighted by atomic mass is 16.7. The standard InChI is InChI=1S/C26H39N3O6/c1-9-10-13-35-22-20-14-18(23(30)27(7)34-8)11-12-19(20)24(31)28(15-17(2)3)21(22)16-29(25(32)33)26(4,5)6/h11-12,14,17H,9-10,13,15-16H2,1-8H3,(H,32,33). The topological polar surface area (TPSA) is 101 Å². The SMILES string of the molecule is CCCCOc1c(CN(C(=O)O)C(C)(C)C)n(CC(C)C)c(=O)c2ccc(C(=O)N(C)OC)cc12. The maximum atomic E-state index is 13.7. The van der Waals surface area contributed by atoms with Crippen LogP contribution in [-0.2, 0) is 17.9 Å². The van der Waals surface area contributed by atoms with E-state index < -0.39 is 11.6 Å². The third-order valence-electron chi connectivity index (χ3n) is 5.78. The van der Waals surface area contributed by atoms with E-state index >= 15 is 0 Å². The number of hydrogen-bond donors (Lipinski definition) is 1. The van der Waals surface area contributed by atoms with Gasteiger partial charge in [-0.15, -0.1) is 0 Å². The molecule has 1 aromatic heterocycles. The number of carbonyl (C=O) groups is 2. The van der Waals surface area contributed by atoms with Gasteiger partial charge in [-0.3, -0.25) is 19.3 Å². The number of amides is 2. The molecule has 0 saturated carbocycles. The van der Waals surface area contributed by atoms with Crippen molar-refractivity contribution in [3.05, 3.63) is 39.8 Å². The molecule has 1 N–H and O–H groups in total. The van der Waals surface area contributed by atoms with E-state index in [9.17, 15) is 19.5 Å². The van der Waals surface area contributed by atoms with E-state index in [2.05, 4.69) is 0 Å². The first kappa shape index (κ1) is 28.2. The number of carbonyl (C=O) groups excluding carboxylic acids is 1. The van der Waals surface area contributed by atoms with E-state index in [1.807, 2.05) is 41.5 Å². The maximum absolute atomic E-state index is 13.7. The van der Waals surface area contributed by atoms with Crippen molar-refractivity contribution >= 4 is 22.8 Å². The molecule has 0 bridgehead atoms. The van der Waals surface area contributed by atoms with Crippen molar-refractivity contribution in [2.75, 3.05) is 20.8 Å². The monoisotopic (exact) mass is 489 g/mol. The third-order valence-corrected chi connectivity index (χ3v) is 5.78. The van der Waals surface area contributed by atoms with Gasteiger partial charge in [0.25, 0.3) is 11.5 Å². The highest BCUT2D eigenvalue weighted by Gasteiger charge is 2.30. The molecule has 9 heteroatoms. The van der Waals surface area contributed by atoms with Gasteiger partial charge in [0, 0.05) is 30.1 Å². The van der Waals surface area contributed by atoms with Crippen molar-refractivity contribution in [3.8, 4) is 5.75 Å². The zero-order valence-electron chi connectivity index (χ0n) is 22.2. The van der Waals surface area contributed by atoms with Gasteiger partial charge in [-0.2, -0.15) is 0 Å². The van der Waals surface area contributed by atoms with Gasteiger partial charge in [0.05, 0.1) is 31.3 Å². The summed E-state index contributed by atoms with van der Waals surface area (Å²) in [5, 5.41) is 12.0. The summed E-state index contributed by atoms with van der Waals surface area (Å²) in [4.78, 5) is 44.9. The Balaban J connectivity index is 2.91. The van der Waals surface area contributed by atoms with Crippen LogP contribution in [-0.4, -0.2) is 57.9 Å². The average molecular weight is 490 g/mol. The molecule has 2 amide bonds. The summed E-state index contributed by atoms with van der Waals surface area (Å²) in [5.74, 6) is 0.194. The van der Waals surface area contributed by atoms with Crippen LogP contribution in [0.3, 0.4) is 0 Å². The smallest absolute Gasteiger partial charge is 0.408 e. The molecule has 1 aromatic carbocycles. The van der Waals surface area contributed by atoms with E-state index in [1.165, 1.54) is 19.1 Å². The maximum Gasteiger partial charge on any atom is 0.408 e. The van der Waals surface area contributed by atoms with Crippen LogP contribution in [0.15, 0.2) is 23.0 Å². The lowest BCUT2D eigenvalue weighted by Gasteiger charge is -2.34. The second kappa shape index (κ2) is 11.6. The summed E-state index contributed by atoms with van der Waals surface area (Å²) in [5.41, 5.74) is -0.140. The van der Waals surface area contributed by atoms with Crippen molar-refractivity contribution in [3.63, 3.8) is 0 Å². The lowest BCUT2D eigenvalue weighted by molar-refractivity contribution is -0.0756. The average Bonchev–Trinajstić information content (AvgIpc) is 2.78. The molecule has 1 heterocycles. The molecule has 0 fully saturated rings. The van der Waals surface area contributed by atoms with Gasteiger partial charge in [0.2, 0.25) is 0 Å². The summed E-state index contributed by atoms with van der Waals surface area (Å²) in [7, 11) is 2.90. The molecule has 0 atom stereocenters. The third kappa shape index (κ3) is 6.54. The van der Waals surface area contributed by atoms with E-state index in [0.29, 0.717) is 40.9 Å². The number of pyridine rings is 1. The number of rotatable bonds is 10. The molecular formula is C26H39N3O6. The van der Waals surface area contributed by atoms with E-state index in [-0.39, 0.29) is 23.9 Å². The van der Waals surface area contributed by atoms with Crippen molar-refractivity contribution in [2.24, 2.45) is 5.92 Å². The van der Waals surface area contributed by atoms with Crippen molar-refractivity contribution in [1.82, 2.24) is 14.5 Å². The van der Waals surface area contributed by atoms with E-state index in [0.717, 1.165) is 17.9 Å². The number of hydroxylamine groups is 2. The summed E-state index contributed by atoms with van der Waals surface area (Å²) in [6.45, 7) is 12.2. The summed E-state index contributed by atoms with van der Waals surface area (Å²) in [6, 6.07) is 4.84. The van der Waals surface area contributed by atoms with Crippen LogP contribution in [0, 0.1) is 5.92 Å². The summed E-state index contributed by atoms with van der Waals surface area (Å²) >= 11 is 0. The minimum absolute atomic E-state index is 0.0334. The number of carboxylic acid groups (broad SMARTS) is 1. The fourth-order valence-corrected chi connectivity index (χ4v) is 3.80. The predicted molar refractivity (Wildman–Crippen MR) is 136 cm³/mol. The first-order valence-electron chi connectivity index (χ1n) is 12.0. The number of fused-ring (bicyclic) bond motifs is 1. The Labute approximate surface area is 207 Å². The van der Waals surface area contributed by atoms with Crippen LogP contribution in [0.1, 0.15) is 70.4 Å². The number of benzene rings is 1. The molecule has 0 radical (unpaired) electrons. The largest absolute Gasteiger partial charge is 0.491 e. The highest BCUT2D eigenvalue weighted by Crippen LogP contribution is 2.32. The number of aromatic nitrogens is 1. The Hall–Kier alpha value is -3.07. The molecule has 0 aliphatic rings. The Kier molecular flexibility index (Phi) is 9.31. The highest BCUT2D eigenvalue weighted by molar-refractivity contribution is 5.99. The molecule has 0 saturated heterocycles. The minimum Gasteiger partial charge on any atom is -0.491 e. The van der Waals surface area contributed by atoms with Crippen LogP contribution < -0.4 is 10.3 Å². The lowest BCUT2D eigenvalue weighted by atomic mass is 10.0. The second-order valence-electron chi connectivity index (χ2n) is 10.1. The van der Waals surface area contributed by atoms with Gasteiger partial charge in [-0.25, -0.2) is 9.86 Å². The molecule has 194 valence electrons. The van der Waals surface area contributed by atoms with Crippen molar-refractivity contribution in [2.45, 2.75) is 73.0 Å². The Bertz CT molecular complexity index is 1120. The fraction of sp³-hybridized carbons (Fsp3) is 0.577. The Morgan fingerprint density at radius 3 is 2.34 bits per heavy atom. The summed E-state index contributed by atoms with van der Waals surface area (Å²) in [6.07, 6.45) is 0.605. The molecule has 2 rings (SSSR count). The number of hydrogen-bond acceptors (Lipinski definition) is 5. The molecular weight excluding hydrogens is 450 g/mol. The Morgan fingerprint density at radius 2 is 1.83 bits per heavy atom. The normalized spacial score (nSPS) is 11.7. The molecule has 0 unspecified atom stereocenters. The minimum atomic E-state index is -1.09. The van der Waals surface area contributed by atoms with Crippen molar-refractivity contribution in [1.29, 1.82) is 0 Å². The molecule has 0 aliphatic heterocycles. The summed E-state index contributed by atoms with van der Waals surface area (Å²) < 4.78 is 7.87. The number of nitrogens with zero attached hydrogens (tertiary/aromatic N) is 3. The zero-order chi connectivity index (χ0) is 26.5. The molecule has 0 spiro atoms. The second-order valence-corrected chi connectivity index (χ2v) is 10.1. The van der Waals surface area contributed by atoms with Gasteiger partial charge in [-0.05, 0) is 51.3 Å². The fourth-order valence-electron chi connectivity index (χ4n) is 3.80. The number of ether oxygens (including phenoxy) is 1. The quantitative estimate of drug-likeness (QED) is 0.382. The lowest BCUT2D eigenvalue weighted by Crippen LogP contribution is -2.45. The first-order chi connectivity index (χ1) is 16.3. The van der Waals surface area contributed by atoms with E-state index in [1.54, 1.807) is 22.8 Å². The Morgan fingerprint density at radius 1 is 1.17 bits per heavy atom. The van der Waals surface area contributed by atoms with Crippen LogP contribution in [0.5, 0.6) is 5.75 Å².